The molecule has 0 spiro atoms. The molecule has 1 amide bonds. The van der Waals surface area contributed by atoms with Gasteiger partial charge in [0.05, 0.1) is 12.1 Å². The van der Waals surface area contributed by atoms with Crippen LogP contribution in [0.25, 0.3) is 0 Å². The van der Waals surface area contributed by atoms with Gasteiger partial charge in [0.2, 0.25) is 0 Å². The molecule has 1 atom stereocenters. The van der Waals surface area contributed by atoms with E-state index in [-0.39, 0.29) is 11.9 Å². The molecule has 1 aliphatic carbocycles. The van der Waals surface area contributed by atoms with Crippen molar-refractivity contribution in [1.29, 1.82) is 0 Å². The molecule has 1 aromatic carbocycles. The second-order valence-corrected chi connectivity index (χ2v) is 5.43. The highest BCUT2D eigenvalue weighted by Gasteiger charge is 2.25. The molecule has 19 heavy (non-hydrogen) atoms. The molecular formula is C15H20N2O2. The zero-order valence-corrected chi connectivity index (χ0v) is 11.0. The number of nitrogens with one attached hydrogen (secondary N) is 1. The molecule has 0 aromatic heterocycles. The van der Waals surface area contributed by atoms with Gasteiger partial charge in [0, 0.05) is 6.04 Å². The lowest BCUT2D eigenvalue weighted by Crippen LogP contribution is -2.25. The normalized spacial score (nSPS) is 21.2. The van der Waals surface area contributed by atoms with Gasteiger partial charge in [0.15, 0.2) is 0 Å². The van der Waals surface area contributed by atoms with Gasteiger partial charge in [-0.1, -0.05) is 18.9 Å². The molecule has 4 nitrogen and oxygen atoms in total. The SMILES string of the molecule is NC(c1ccc2c(c1)C(=O)NCCO2)C1CCCC1. The second-order valence-electron chi connectivity index (χ2n) is 5.43. The number of amides is 1. The molecule has 1 aliphatic heterocycles. The Labute approximate surface area is 113 Å². The Bertz CT molecular complexity index is 481. The fourth-order valence-corrected chi connectivity index (χ4v) is 3.07. The number of carbonyl (C=O) groups excluding carboxylic acids is 1. The van der Waals surface area contributed by atoms with E-state index in [1.54, 1.807) is 0 Å². The summed E-state index contributed by atoms with van der Waals surface area (Å²) in [6.07, 6.45) is 4.93. The van der Waals surface area contributed by atoms with Gasteiger partial charge in [0.25, 0.3) is 5.91 Å². The molecule has 1 unspecified atom stereocenters. The van der Waals surface area contributed by atoms with Crippen LogP contribution in [0.3, 0.4) is 0 Å². The van der Waals surface area contributed by atoms with Crippen LogP contribution in [0.15, 0.2) is 18.2 Å². The summed E-state index contributed by atoms with van der Waals surface area (Å²) in [7, 11) is 0. The minimum absolute atomic E-state index is 0.0313. The number of hydrogen-bond acceptors (Lipinski definition) is 3. The molecule has 0 saturated heterocycles. The quantitative estimate of drug-likeness (QED) is 0.854. The lowest BCUT2D eigenvalue weighted by Gasteiger charge is -2.20. The van der Waals surface area contributed by atoms with Crippen LogP contribution in [0.5, 0.6) is 5.75 Å². The summed E-state index contributed by atoms with van der Waals surface area (Å²) in [6, 6.07) is 5.81. The Morgan fingerprint density at radius 1 is 1.32 bits per heavy atom. The monoisotopic (exact) mass is 260 g/mol. The third-order valence-electron chi connectivity index (χ3n) is 4.19. The van der Waals surface area contributed by atoms with Crippen LogP contribution in [0.4, 0.5) is 0 Å². The van der Waals surface area contributed by atoms with Crippen LogP contribution in [-0.2, 0) is 0 Å². The maximum absolute atomic E-state index is 12.0. The van der Waals surface area contributed by atoms with E-state index in [1.807, 2.05) is 18.2 Å². The zero-order chi connectivity index (χ0) is 13.2. The van der Waals surface area contributed by atoms with Crippen molar-refractivity contribution in [3.05, 3.63) is 29.3 Å². The first-order valence-electron chi connectivity index (χ1n) is 7.06. The average molecular weight is 260 g/mol. The number of hydrogen-bond donors (Lipinski definition) is 2. The van der Waals surface area contributed by atoms with Crippen molar-refractivity contribution in [3.63, 3.8) is 0 Å². The largest absolute Gasteiger partial charge is 0.491 e. The highest BCUT2D eigenvalue weighted by atomic mass is 16.5. The Morgan fingerprint density at radius 2 is 2.11 bits per heavy atom. The van der Waals surface area contributed by atoms with Gasteiger partial charge in [-0.3, -0.25) is 4.79 Å². The summed E-state index contributed by atoms with van der Waals surface area (Å²) in [6.45, 7) is 1.07. The fraction of sp³-hybridized carbons (Fsp3) is 0.533. The van der Waals surface area contributed by atoms with Crippen LogP contribution < -0.4 is 15.8 Å². The minimum atomic E-state index is -0.0621. The van der Waals surface area contributed by atoms with Crippen LogP contribution in [0.1, 0.15) is 47.6 Å². The second kappa shape index (κ2) is 5.21. The number of fused-ring (bicyclic) bond motifs is 1. The van der Waals surface area contributed by atoms with Crippen LogP contribution >= 0.6 is 0 Å². The molecule has 3 N–H and O–H groups in total. The van der Waals surface area contributed by atoms with Gasteiger partial charge < -0.3 is 15.8 Å². The van der Waals surface area contributed by atoms with Crippen molar-refractivity contribution in [2.24, 2.45) is 11.7 Å². The highest BCUT2D eigenvalue weighted by molar-refractivity contribution is 5.97. The van der Waals surface area contributed by atoms with Gasteiger partial charge in [-0.05, 0) is 36.5 Å². The fourth-order valence-electron chi connectivity index (χ4n) is 3.07. The predicted octanol–water partition coefficient (Wildman–Crippen LogP) is 2.00. The van der Waals surface area contributed by atoms with E-state index in [1.165, 1.54) is 25.7 Å². The summed E-state index contributed by atoms with van der Waals surface area (Å²) in [5, 5.41) is 2.83. The van der Waals surface area contributed by atoms with Crippen LogP contribution in [0.2, 0.25) is 0 Å². The predicted molar refractivity (Wildman–Crippen MR) is 73.2 cm³/mol. The standard InChI is InChI=1S/C15H20N2O2/c16-14(10-3-1-2-4-10)11-5-6-13-12(9-11)15(18)17-7-8-19-13/h5-6,9-10,14H,1-4,7-8,16H2,(H,17,18). The van der Waals surface area contributed by atoms with Crippen molar-refractivity contribution in [3.8, 4) is 5.75 Å². The molecule has 0 bridgehead atoms. The van der Waals surface area contributed by atoms with Crippen LogP contribution in [-0.4, -0.2) is 19.1 Å². The van der Waals surface area contributed by atoms with Gasteiger partial charge in [-0.15, -0.1) is 0 Å². The number of nitrogens with two attached hydrogens (primary N) is 1. The topological polar surface area (TPSA) is 64.4 Å². The molecule has 1 fully saturated rings. The smallest absolute Gasteiger partial charge is 0.255 e. The van der Waals surface area contributed by atoms with E-state index in [9.17, 15) is 4.79 Å². The van der Waals surface area contributed by atoms with Crippen molar-refractivity contribution < 1.29 is 9.53 Å². The Kier molecular flexibility index (Phi) is 3.42. The van der Waals surface area contributed by atoms with E-state index in [0.717, 1.165) is 5.56 Å². The molecule has 2 aliphatic rings. The van der Waals surface area contributed by atoms with Gasteiger partial charge in [-0.25, -0.2) is 0 Å². The summed E-state index contributed by atoms with van der Waals surface area (Å²) < 4.78 is 5.55. The maximum atomic E-state index is 12.0. The maximum Gasteiger partial charge on any atom is 0.255 e. The van der Waals surface area contributed by atoms with Crippen molar-refractivity contribution in [2.75, 3.05) is 13.2 Å². The van der Waals surface area contributed by atoms with E-state index in [0.29, 0.717) is 30.4 Å². The number of ether oxygens (including phenoxy) is 1. The van der Waals surface area contributed by atoms with Gasteiger partial charge in [-0.2, -0.15) is 0 Å². The Balaban J connectivity index is 1.89. The van der Waals surface area contributed by atoms with Crippen molar-refractivity contribution >= 4 is 5.91 Å². The molecule has 4 heteroatoms. The van der Waals surface area contributed by atoms with E-state index in [2.05, 4.69) is 5.32 Å². The van der Waals surface area contributed by atoms with Crippen molar-refractivity contribution in [1.82, 2.24) is 5.32 Å². The minimum Gasteiger partial charge on any atom is -0.491 e. The van der Waals surface area contributed by atoms with Gasteiger partial charge >= 0.3 is 0 Å². The summed E-state index contributed by atoms with van der Waals surface area (Å²) in [4.78, 5) is 12.0. The third kappa shape index (κ3) is 2.45. The molecule has 1 saturated carbocycles. The Hall–Kier alpha value is -1.55. The molecule has 1 heterocycles. The third-order valence-corrected chi connectivity index (χ3v) is 4.19. The molecule has 1 aromatic rings. The molecular weight excluding hydrogens is 240 g/mol. The first-order chi connectivity index (χ1) is 9.25. The van der Waals surface area contributed by atoms with E-state index < -0.39 is 0 Å². The van der Waals surface area contributed by atoms with Crippen molar-refractivity contribution in [2.45, 2.75) is 31.7 Å². The van der Waals surface area contributed by atoms with E-state index in [4.69, 9.17) is 10.5 Å². The highest BCUT2D eigenvalue weighted by Crippen LogP contribution is 2.35. The first-order valence-corrected chi connectivity index (χ1v) is 7.06. The van der Waals surface area contributed by atoms with E-state index >= 15 is 0 Å². The zero-order valence-electron chi connectivity index (χ0n) is 11.0. The molecule has 3 rings (SSSR count). The number of benzene rings is 1. The first kappa shape index (κ1) is 12.5. The lowest BCUT2D eigenvalue weighted by atomic mass is 9.91. The Morgan fingerprint density at radius 3 is 2.89 bits per heavy atom. The lowest BCUT2D eigenvalue weighted by molar-refractivity contribution is 0.0957. The summed E-state index contributed by atoms with van der Waals surface area (Å²) >= 11 is 0. The summed E-state index contributed by atoms with van der Waals surface area (Å²) in [5.41, 5.74) is 8.01. The summed E-state index contributed by atoms with van der Waals surface area (Å²) in [5.74, 6) is 1.15. The average Bonchev–Trinajstić information content (AvgIpc) is 2.90. The molecule has 0 radical (unpaired) electrons. The molecule has 102 valence electrons. The number of rotatable bonds is 2. The number of carbonyl (C=O) groups is 1. The van der Waals surface area contributed by atoms with Gasteiger partial charge in [0.1, 0.15) is 12.4 Å². The van der Waals surface area contributed by atoms with Crippen LogP contribution in [0, 0.1) is 5.92 Å².